The van der Waals surface area contributed by atoms with Crippen LogP contribution in [-0.4, -0.2) is 6.61 Å². The molecule has 2 rings (SSSR count). The molecule has 0 bridgehead atoms. The van der Waals surface area contributed by atoms with Crippen LogP contribution in [0.1, 0.15) is 36.6 Å². The molecule has 112 valence electrons. The Balaban J connectivity index is 2.22. The van der Waals surface area contributed by atoms with Gasteiger partial charge >= 0.3 is 0 Å². The fraction of sp³-hybridized carbons (Fsp3) is 0.333. The molecular formula is C18H22FNO. The molecule has 0 spiro atoms. The summed E-state index contributed by atoms with van der Waals surface area (Å²) in [5, 5.41) is 3.39. The Kier molecular flexibility index (Phi) is 4.84. The van der Waals surface area contributed by atoms with Gasteiger partial charge in [0, 0.05) is 12.1 Å². The number of aryl methyl sites for hydroxylation is 2. The van der Waals surface area contributed by atoms with Crippen molar-refractivity contribution in [3.8, 4) is 5.75 Å². The van der Waals surface area contributed by atoms with Crippen LogP contribution in [0.15, 0.2) is 36.4 Å². The van der Waals surface area contributed by atoms with Gasteiger partial charge < -0.3 is 10.1 Å². The predicted octanol–water partition coefficient (Wildman–Crippen LogP) is 5.01. The number of hydrogen-bond acceptors (Lipinski definition) is 2. The van der Waals surface area contributed by atoms with E-state index in [2.05, 4.69) is 44.3 Å². The van der Waals surface area contributed by atoms with Crippen LogP contribution in [0.25, 0.3) is 0 Å². The first-order valence-corrected chi connectivity index (χ1v) is 7.27. The van der Waals surface area contributed by atoms with E-state index in [-0.39, 0.29) is 11.9 Å². The third kappa shape index (κ3) is 3.75. The van der Waals surface area contributed by atoms with Crippen molar-refractivity contribution in [2.24, 2.45) is 0 Å². The van der Waals surface area contributed by atoms with Gasteiger partial charge in [0.15, 0.2) is 0 Å². The predicted molar refractivity (Wildman–Crippen MR) is 85.5 cm³/mol. The van der Waals surface area contributed by atoms with E-state index in [0.717, 1.165) is 5.69 Å². The van der Waals surface area contributed by atoms with Crippen molar-refractivity contribution in [1.82, 2.24) is 0 Å². The average molecular weight is 287 g/mol. The SMILES string of the molecule is CCOc1cc(F)ccc1NC(C)c1ccc(C)c(C)c1. The van der Waals surface area contributed by atoms with E-state index >= 15 is 0 Å². The van der Waals surface area contributed by atoms with Crippen molar-refractivity contribution >= 4 is 5.69 Å². The Bertz CT molecular complexity index is 625. The van der Waals surface area contributed by atoms with Gasteiger partial charge in [-0.25, -0.2) is 4.39 Å². The Hall–Kier alpha value is -2.03. The first-order valence-electron chi connectivity index (χ1n) is 7.27. The second kappa shape index (κ2) is 6.61. The van der Waals surface area contributed by atoms with Gasteiger partial charge in [0.05, 0.1) is 12.3 Å². The highest BCUT2D eigenvalue weighted by atomic mass is 19.1. The summed E-state index contributed by atoms with van der Waals surface area (Å²) in [6.07, 6.45) is 0. The molecule has 2 aromatic carbocycles. The largest absolute Gasteiger partial charge is 0.492 e. The maximum Gasteiger partial charge on any atom is 0.145 e. The molecule has 0 aromatic heterocycles. The number of rotatable bonds is 5. The van der Waals surface area contributed by atoms with Gasteiger partial charge in [-0.3, -0.25) is 0 Å². The zero-order valence-electron chi connectivity index (χ0n) is 13.0. The molecule has 0 saturated carbocycles. The molecule has 2 aromatic rings. The number of hydrogen-bond donors (Lipinski definition) is 1. The average Bonchev–Trinajstić information content (AvgIpc) is 2.45. The van der Waals surface area contributed by atoms with Gasteiger partial charge in [0.1, 0.15) is 11.6 Å². The summed E-state index contributed by atoms with van der Waals surface area (Å²) < 4.78 is 18.8. The number of anilines is 1. The Morgan fingerprint density at radius 3 is 2.52 bits per heavy atom. The standard InChI is InChI=1S/C18H22FNO/c1-5-21-18-11-16(19)8-9-17(18)20-14(4)15-7-6-12(2)13(3)10-15/h6-11,14,20H,5H2,1-4H3. The zero-order chi connectivity index (χ0) is 15.4. The van der Waals surface area contributed by atoms with Crippen LogP contribution in [0.4, 0.5) is 10.1 Å². The van der Waals surface area contributed by atoms with Crippen molar-refractivity contribution in [3.63, 3.8) is 0 Å². The Morgan fingerprint density at radius 2 is 1.86 bits per heavy atom. The van der Waals surface area contributed by atoms with Crippen molar-refractivity contribution in [3.05, 3.63) is 58.9 Å². The van der Waals surface area contributed by atoms with E-state index in [9.17, 15) is 4.39 Å². The number of benzene rings is 2. The normalized spacial score (nSPS) is 12.0. The molecule has 0 aliphatic rings. The molecule has 0 aliphatic carbocycles. The molecule has 0 heterocycles. The summed E-state index contributed by atoms with van der Waals surface area (Å²) in [5.41, 5.74) is 4.56. The molecular weight excluding hydrogens is 265 g/mol. The van der Waals surface area contributed by atoms with Gasteiger partial charge in [-0.15, -0.1) is 0 Å². The third-order valence-corrected chi connectivity index (χ3v) is 3.65. The fourth-order valence-electron chi connectivity index (χ4n) is 2.24. The first kappa shape index (κ1) is 15.4. The van der Waals surface area contributed by atoms with E-state index in [4.69, 9.17) is 4.74 Å². The van der Waals surface area contributed by atoms with Crippen LogP contribution in [-0.2, 0) is 0 Å². The van der Waals surface area contributed by atoms with Crippen molar-refractivity contribution in [1.29, 1.82) is 0 Å². The lowest BCUT2D eigenvalue weighted by Crippen LogP contribution is -2.09. The highest BCUT2D eigenvalue weighted by Gasteiger charge is 2.11. The summed E-state index contributed by atoms with van der Waals surface area (Å²) in [4.78, 5) is 0. The van der Waals surface area contributed by atoms with Gasteiger partial charge in [-0.05, 0) is 56.5 Å². The molecule has 1 atom stereocenters. The van der Waals surface area contributed by atoms with E-state index in [1.165, 1.54) is 28.8 Å². The van der Waals surface area contributed by atoms with Crippen LogP contribution in [0.3, 0.4) is 0 Å². The van der Waals surface area contributed by atoms with Crippen molar-refractivity contribution < 1.29 is 9.13 Å². The van der Waals surface area contributed by atoms with E-state index in [1.807, 2.05) is 6.92 Å². The van der Waals surface area contributed by atoms with Gasteiger partial charge in [0.2, 0.25) is 0 Å². The molecule has 1 unspecified atom stereocenters. The van der Waals surface area contributed by atoms with Gasteiger partial charge in [0.25, 0.3) is 0 Å². The lowest BCUT2D eigenvalue weighted by molar-refractivity contribution is 0.339. The smallest absolute Gasteiger partial charge is 0.145 e. The molecule has 0 fully saturated rings. The molecule has 3 heteroatoms. The number of halogens is 1. The molecule has 1 N–H and O–H groups in total. The molecule has 0 saturated heterocycles. The maximum absolute atomic E-state index is 13.3. The second-order valence-electron chi connectivity index (χ2n) is 5.28. The van der Waals surface area contributed by atoms with Crippen LogP contribution in [0.2, 0.25) is 0 Å². The van der Waals surface area contributed by atoms with Crippen molar-refractivity contribution in [2.45, 2.75) is 33.7 Å². The van der Waals surface area contributed by atoms with Crippen LogP contribution in [0.5, 0.6) is 5.75 Å². The summed E-state index contributed by atoms with van der Waals surface area (Å²) in [6.45, 7) is 8.69. The number of ether oxygens (including phenoxy) is 1. The number of nitrogens with one attached hydrogen (secondary N) is 1. The minimum absolute atomic E-state index is 0.119. The van der Waals surface area contributed by atoms with E-state index < -0.39 is 0 Å². The van der Waals surface area contributed by atoms with Crippen LogP contribution in [0, 0.1) is 19.7 Å². The zero-order valence-corrected chi connectivity index (χ0v) is 13.0. The summed E-state index contributed by atoms with van der Waals surface area (Å²) in [5.74, 6) is 0.260. The summed E-state index contributed by atoms with van der Waals surface area (Å²) >= 11 is 0. The Morgan fingerprint density at radius 1 is 1.10 bits per heavy atom. The quantitative estimate of drug-likeness (QED) is 0.834. The molecule has 0 amide bonds. The minimum atomic E-state index is -0.289. The fourth-order valence-corrected chi connectivity index (χ4v) is 2.24. The van der Waals surface area contributed by atoms with Crippen molar-refractivity contribution in [2.75, 3.05) is 11.9 Å². The highest BCUT2D eigenvalue weighted by Crippen LogP contribution is 2.29. The minimum Gasteiger partial charge on any atom is -0.492 e. The van der Waals surface area contributed by atoms with E-state index in [1.54, 1.807) is 6.07 Å². The van der Waals surface area contributed by atoms with Crippen LogP contribution >= 0.6 is 0 Å². The first-order chi connectivity index (χ1) is 10.0. The molecule has 0 aliphatic heterocycles. The van der Waals surface area contributed by atoms with Gasteiger partial charge in [-0.2, -0.15) is 0 Å². The molecule has 2 nitrogen and oxygen atoms in total. The van der Waals surface area contributed by atoms with E-state index in [0.29, 0.717) is 12.4 Å². The lowest BCUT2D eigenvalue weighted by atomic mass is 10.0. The summed E-state index contributed by atoms with van der Waals surface area (Å²) in [6, 6.07) is 11.1. The highest BCUT2D eigenvalue weighted by molar-refractivity contribution is 5.57. The Labute approximate surface area is 126 Å². The maximum atomic E-state index is 13.3. The monoisotopic (exact) mass is 287 g/mol. The molecule has 0 radical (unpaired) electrons. The topological polar surface area (TPSA) is 21.3 Å². The van der Waals surface area contributed by atoms with Gasteiger partial charge in [-0.1, -0.05) is 18.2 Å². The lowest BCUT2D eigenvalue weighted by Gasteiger charge is -2.19. The molecule has 21 heavy (non-hydrogen) atoms. The van der Waals surface area contributed by atoms with Crippen LogP contribution < -0.4 is 10.1 Å². The third-order valence-electron chi connectivity index (χ3n) is 3.65. The summed E-state index contributed by atoms with van der Waals surface area (Å²) in [7, 11) is 0. The second-order valence-corrected chi connectivity index (χ2v) is 5.28.